The maximum Gasteiger partial charge on any atom is 0.256 e. The van der Waals surface area contributed by atoms with E-state index in [1.54, 1.807) is 12.3 Å². The molecular weight excluding hydrogens is 354 g/mol. The summed E-state index contributed by atoms with van der Waals surface area (Å²) in [5.41, 5.74) is 17.2. The number of amides is 2. The lowest BCUT2D eigenvalue weighted by Gasteiger charge is -2.16. The van der Waals surface area contributed by atoms with Crippen molar-refractivity contribution in [2.45, 2.75) is 6.54 Å². The molecule has 3 aromatic rings. The number of benzene rings is 2. The Morgan fingerprint density at radius 2 is 2.00 bits per heavy atom. The molecule has 0 unspecified atom stereocenters. The van der Waals surface area contributed by atoms with Crippen molar-refractivity contribution in [2.75, 3.05) is 12.3 Å². The Bertz CT molecular complexity index is 1100. The molecule has 2 amide bonds. The van der Waals surface area contributed by atoms with Gasteiger partial charge in [-0.15, -0.1) is 0 Å². The van der Waals surface area contributed by atoms with Crippen molar-refractivity contribution in [1.29, 1.82) is 0 Å². The molecule has 0 saturated heterocycles. The van der Waals surface area contributed by atoms with Crippen LogP contribution >= 0.6 is 0 Å². The molecule has 1 aromatic heterocycles. The summed E-state index contributed by atoms with van der Waals surface area (Å²) in [4.78, 5) is 25.7. The molecule has 0 saturated carbocycles. The van der Waals surface area contributed by atoms with Gasteiger partial charge in [-0.2, -0.15) is 5.10 Å². The van der Waals surface area contributed by atoms with Crippen LogP contribution in [0.1, 0.15) is 15.9 Å². The minimum absolute atomic E-state index is 0.0801. The lowest BCUT2D eigenvalue weighted by Crippen LogP contribution is -2.30. The first-order valence-electron chi connectivity index (χ1n) is 8.73. The second-order valence-electron chi connectivity index (χ2n) is 6.75. The lowest BCUT2D eigenvalue weighted by molar-refractivity contribution is -0.114. The molecule has 28 heavy (non-hydrogen) atoms. The number of anilines is 1. The second kappa shape index (κ2) is 6.70. The highest BCUT2D eigenvalue weighted by Crippen LogP contribution is 2.37. The number of hydrogen-bond acceptors (Lipinski definition) is 4. The van der Waals surface area contributed by atoms with Gasteiger partial charge in [0.15, 0.2) is 0 Å². The number of nitrogens with zero attached hydrogens (tertiary/aromatic N) is 2. The Morgan fingerprint density at radius 1 is 1.21 bits per heavy atom. The van der Waals surface area contributed by atoms with Crippen molar-refractivity contribution in [2.24, 2.45) is 5.73 Å². The molecule has 0 fully saturated rings. The summed E-state index contributed by atoms with van der Waals surface area (Å²) in [6.07, 6.45) is 3.58. The van der Waals surface area contributed by atoms with Crippen molar-refractivity contribution < 1.29 is 9.59 Å². The number of nitrogen functional groups attached to an aromatic ring is 1. The molecule has 2 heterocycles. The van der Waals surface area contributed by atoms with E-state index in [1.807, 2.05) is 36.5 Å². The molecule has 0 bridgehead atoms. The van der Waals surface area contributed by atoms with E-state index >= 15 is 0 Å². The Morgan fingerprint density at radius 3 is 2.71 bits per heavy atom. The molecule has 1 aliphatic heterocycles. The normalized spacial score (nSPS) is 12.9. The van der Waals surface area contributed by atoms with Crippen LogP contribution in [-0.2, 0) is 11.3 Å². The van der Waals surface area contributed by atoms with Crippen LogP contribution in [0, 0.1) is 0 Å². The highest BCUT2D eigenvalue weighted by molar-refractivity contribution is 6.06. The Balaban J connectivity index is 1.75. The number of hydrogen-bond donors (Lipinski definition) is 3. The smallest absolute Gasteiger partial charge is 0.256 e. The van der Waals surface area contributed by atoms with Gasteiger partial charge in [-0.25, -0.2) is 0 Å². The molecule has 0 radical (unpaired) electrons. The zero-order valence-electron chi connectivity index (χ0n) is 15.1. The Hall–Kier alpha value is -3.87. The van der Waals surface area contributed by atoms with Gasteiger partial charge in [0, 0.05) is 29.6 Å². The van der Waals surface area contributed by atoms with Crippen LogP contribution in [0.4, 0.5) is 5.69 Å². The lowest BCUT2D eigenvalue weighted by atomic mass is 9.94. The minimum atomic E-state index is -0.621. The van der Waals surface area contributed by atoms with E-state index in [2.05, 4.69) is 16.8 Å². The molecule has 0 aliphatic carbocycles. The third-order valence-electron chi connectivity index (χ3n) is 4.93. The zero-order valence-corrected chi connectivity index (χ0v) is 15.1. The van der Waals surface area contributed by atoms with Crippen LogP contribution in [-0.4, -0.2) is 33.5 Å². The van der Waals surface area contributed by atoms with Crippen molar-refractivity contribution in [3.05, 3.63) is 72.1 Å². The maximum atomic E-state index is 12.9. The number of aromatic amines is 1. The summed E-state index contributed by atoms with van der Waals surface area (Å²) in [7, 11) is 0. The van der Waals surface area contributed by atoms with Gasteiger partial charge in [-0.05, 0) is 34.4 Å². The second-order valence-corrected chi connectivity index (χ2v) is 6.75. The average Bonchev–Trinajstić information content (AvgIpc) is 3.32. The predicted octanol–water partition coefficient (Wildman–Crippen LogP) is 2.32. The molecule has 1 aliphatic rings. The van der Waals surface area contributed by atoms with Crippen molar-refractivity contribution >= 4 is 17.5 Å². The number of carbonyl (C=O) groups excluding carboxylic acids is 2. The summed E-state index contributed by atoms with van der Waals surface area (Å²) >= 11 is 0. The van der Waals surface area contributed by atoms with Gasteiger partial charge >= 0.3 is 0 Å². The number of H-pyrrole nitrogens is 1. The van der Waals surface area contributed by atoms with Crippen molar-refractivity contribution in [3.8, 4) is 22.3 Å². The fraction of sp³-hybridized carbons (Fsp3) is 0.0952. The molecule has 0 spiro atoms. The number of nitrogens with one attached hydrogen (secondary N) is 1. The summed E-state index contributed by atoms with van der Waals surface area (Å²) < 4.78 is 0. The number of primary amides is 1. The molecule has 5 N–H and O–H groups in total. The third kappa shape index (κ3) is 2.92. The standard InChI is InChI=1S/C21H19N5O2/c1-12(20(23)27)10-26-11-17-16(5-6-18(22)19(17)21(26)28)14-4-2-3-13(7-14)15-8-24-25-9-15/h2-9H,1,10-11,22H2,(H2,23,27)(H,24,25). The number of carbonyl (C=O) groups is 2. The van der Waals surface area contributed by atoms with E-state index in [9.17, 15) is 9.59 Å². The van der Waals surface area contributed by atoms with E-state index in [-0.39, 0.29) is 18.0 Å². The SMILES string of the molecule is C=C(CN1Cc2c(-c3cccc(-c4cn[nH]c4)c3)ccc(N)c2C1=O)C(N)=O. The van der Waals surface area contributed by atoms with Gasteiger partial charge in [0.1, 0.15) is 0 Å². The monoisotopic (exact) mass is 373 g/mol. The summed E-state index contributed by atoms with van der Waals surface area (Å²) in [5.74, 6) is -0.840. The van der Waals surface area contributed by atoms with E-state index in [0.29, 0.717) is 17.8 Å². The summed E-state index contributed by atoms with van der Waals surface area (Å²) in [6.45, 7) is 4.07. The zero-order chi connectivity index (χ0) is 19.8. The first kappa shape index (κ1) is 17.5. The average molecular weight is 373 g/mol. The van der Waals surface area contributed by atoms with Gasteiger partial charge in [0.2, 0.25) is 5.91 Å². The molecule has 0 atom stereocenters. The first-order chi connectivity index (χ1) is 13.5. The van der Waals surface area contributed by atoms with Gasteiger partial charge < -0.3 is 16.4 Å². The van der Waals surface area contributed by atoms with E-state index < -0.39 is 5.91 Å². The van der Waals surface area contributed by atoms with Crippen LogP contribution in [0.15, 0.2) is 60.9 Å². The molecule has 4 rings (SSSR count). The van der Waals surface area contributed by atoms with Gasteiger partial charge in [0.05, 0.1) is 18.3 Å². The topological polar surface area (TPSA) is 118 Å². The van der Waals surface area contributed by atoms with Crippen LogP contribution in [0.25, 0.3) is 22.3 Å². The molecule has 140 valence electrons. The maximum absolute atomic E-state index is 12.9. The van der Waals surface area contributed by atoms with Crippen LogP contribution in [0.2, 0.25) is 0 Å². The summed E-state index contributed by atoms with van der Waals surface area (Å²) in [5, 5.41) is 6.80. The Kier molecular flexibility index (Phi) is 4.19. The van der Waals surface area contributed by atoms with E-state index in [1.165, 1.54) is 4.90 Å². The molecule has 7 heteroatoms. The number of rotatable bonds is 5. The highest BCUT2D eigenvalue weighted by atomic mass is 16.2. The fourth-order valence-corrected chi connectivity index (χ4v) is 3.49. The largest absolute Gasteiger partial charge is 0.398 e. The van der Waals surface area contributed by atoms with Crippen molar-refractivity contribution in [1.82, 2.24) is 15.1 Å². The van der Waals surface area contributed by atoms with Crippen LogP contribution < -0.4 is 11.5 Å². The predicted molar refractivity (Wildman–Crippen MR) is 107 cm³/mol. The number of aromatic nitrogens is 2. The molecule has 2 aromatic carbocycles. The summed E-state index contributed by atoms with van der Waals surface area (Å²) in [6, 6.07) is 11.7. The van der Waals surface area contributed by atoms with Crippen LogP contribution in [0.3, 0.4) is 0 Å². The fourth-order valence-electron chi connectivity index (χ4n) is 3.49. The molecular formula is C21H19N5O2. The number of fused-ring (bicyclic) bond motifs is 1. The number of nitrogens with two attached hydrogens (primary N) is 2. The minimum Gasteiger partial charge on any atom is -0.398 e. The van der Waals surface area contributed by atoms with Gasteiger partial charge in [-0.3, -0.25) is 14.7 Å². The van der Waals surface area contributed by atoms with Gasteiger partial charge in [0.25, 0.3) is 5.91 Å². The van der Waals surface area contributed by atoms with Gasteiger partial charge in [-0.1, -0.05) is 30.8 Å². The van der Waals surface area contributed by atoms with Crippen LogP contribution in [0.5, 0.6) is 0 Å². The van der Waals surface area contributed by atoms with E-state index in [4.69, 9.17) is 11.5 Å². The first-order valence-corrected chi connectivity index (χ1v) is 8.73. The van der Waals surface area contributed by atoms with E-state index in [0.717, 1.165) is 27.8 Å². The third-order valence-corrected chi connectivity index (χ3v) is 4.93. The van der Waals surface area contributed by atoms with Crippen molar-refractivity contribution in [3.63, 3.8) is 0 Å². The highest BCUT2D eigenvalue weighted by Gasteiger charge is 2.32. The quantitative estimate of drug-likeness (QED) is 0.470. The Labute approximate surface area is 161 Å². The molecule has 7 nitrogen and oxygen atoms in total.